The molecule has 0 saturated carbocycles. The smallest absolute Gasteiger partial charge is 0.196 e. The lowest BCUT2D eigenvalue weighted by molar-refractivity contribution is 0.393. The molecule has 0 aliphatic carbocycles. The summed E-state index contributed by atoms with van der Waals surface area (Å²) in [5, 5.41) is 13.7. The second-order valence-corrected chi connectivity index (χ2v) is 6.83. The molecule has 0 N–H and O–H groups in total. The van der Waals surface area contributed by atoms with E-state index in [1.165, 1.54) is 0 Å². The molecule has 7 heteroatoms. The number of thioether (sulfide) groups is 1. The summed E-state index contributed by atoms with van der Waals surface area (Å²) in [7, 11) is 0. The van der Waals surface area contributed by atoms with Crippen LogP contribution in [0.3, 0.4) is 0 Å². The van der Waals surface area contributed by atoms with Crippen molar-refractivity contribution in [2.75, 3.05) is 0 Å². The van der Waals surface area contributed by atoms with Gasteiger partial charge in [-0.15, -0.1) is 10.2 Å². The highest BCUT2D eigenvalue weighted by Gasteiger charge is 2.18. The number of nitrogens with zero attached hydrogens (tertiary/aromatic N) is 5. The van der Waals surface area contributed by atoms with E-state index in [-0.39, 0.29) is 0 Å². The number of hydrogen-bond acceptors (Lipinski definition) is 6. The highest BCUT2D eigenvalue weighted by molar-refractivity contribution is 7.98. The molecule has 1 aromatic carbocycles. The molecule has 0 aliphatic rings. The van der Waals surface area contributed by atoms with Crippen LogP contribution in [0.1, 0.15) is 17.0 Å². The Morgan fingerprint density at radius 1 is 1.08 bits per heavy atom. The summed E-state index contributed by atoms with van der Waals surface area (Å²) in [5.74, 6) is 2.23. The molecule has 0 bridgehead atoms. The topological polar surface area (TPSA) is 69.6 Å². The zero-order chi connectivity index (χ0) is 17.9. The minimum atomic E-state index is 0.661. The van der Waals surface area contributed by atoms with Crippen molar-refractivity contribution >= 4 is 11.8 Å². The van der Waals surface area contributed by atoms with E-state index < -0.39 is 0 Å². The van der Waals surface area contributed by atoms with Gasteiger partial charge < -0.3 is 4.52 Å². The normalized spacial score (nSPS) is 11.0. The monoisotopic (exact) mass is 363 g/mol. The van der Waals surface area contributed by atoms with Gasteiger partial charge in [0.1, 0.15) is 5.76 Å². The fourth-order valence-corrected chi connectivity index (χ4v) is 3.53. The second-order valence-electron chi connectivity index (χ2n) is 5.89. The molecule has 3 heterocycles. The summed E-state index contributed by atoms with van der Waals surface area (Å²) < 4.78 is 7.22. The first-order valence-corrected chi connectivity index (χ1v) is 9.18. The highest BCUT2D eigenvalue weighted by Crippen LogP contribution is 2.30. The van der Waals surface area contributed by atoms with Crippen LogP contribution in [0, 0.1) is 13.8 Å². The Morgan fingerprint density at radius 2 is 1.96 bits per heavy atom. The van der Waals surface area contributed by atoms with E-state index in [0.29, 0.717) is 5.75 Å². The Labute approximate surface area is 155 Å². The van der Waals surface area contributed by atoms with Crippen LogP contribution >= 0.6 is 11.8 Å². The van der Waals surface area contributed by atoms with Crippen LogP contribution in [0.4, 0.5) is 0 Å². The maximum Gasteiger partial charge on any atom is 0.196 e. The Balaban J connectivity index is 1.77. The Bertz CT molecular complexity index is 1030. The minimum absolute atomic E-state index is 0.661. The molecule has 4 rings (SSSR count). The van der Waals surface area contributed by atoms with Gasteiger partial charge in [-0.05, 0) is 37.6 Å². The van der Waals surface area contributed by atoms with Gasteiger partial charge in [0.2, 0.25) is 0 Å². The molecular weight excluding hydrogens is 346 g/mol. The van der Waals surface area contributed by atoms with Crippen LogP contribution in [0.15, 0.2) is 64.5 Å². The fraction of sp³-hybridized carbons (Fsp3) is 0.158. The van der Waals surface area contributed by atoms with E-state index in [9.17, 15) is 0 Å². The quantitative estimate of drug-likeness (QED) is 0.494. The Morgan fingerprint density at radius 3 is 2.69 bits per heavy atom. The summed E-state index contributed by atoms with van der Waals surface area (Å²) >= 11 is 1.58. The highest BCUT2D eigenvalue weighted by atomic mass is 32.2. The van der Waals surface area contributed by atoms with Crippen molar-refractivity contribution in [3.05, 3.63) is 71.9 Å². The molecule has 0 unspecified atom stereocenters. The van der Waals surface area contributed by atoms with Gasteiger partial charge >= 0.3 is 0 Å². The predicted molar refractivity (Wildman–Crippen MR) is 100 cm³/mol. The summed E-state index contributed by atoms with van der Waals surface area (Å²) in [6, 6.07) is 14.0. The van der Waals surface area contributed by atoms with E-state index in [2.05, 4.69) is 44.0 Å². The molecule has 130 valence electrons. The fourth-order valence-electron chi connectivity index (χ4n) is 2.70. The van der Waals surface area contributed by atoms with Gasteiger partial charge in [-0.25, -0.2) is 0 Å². The number of aryl methyl sites for hydroxylation is 2. The predicted octanol–water partition coefficient (Wildman–Crippen LogP) is 4.23. The van der Waals surface area contributed by atoms with E-state index >= 15 is 0 Å². The van der Waals surface area contributed by atoms with Crippen molar-refractivity contribution in [2.24, 2.45) is 0 Å². The van der Waals surface area contributed by atoms with E-state index in [1.807, 2.05) is 37.3 Å². The number of rotatable bonds is 5. The van der Waals surface area contributed by atoms with Crippen LogP contribution in [0.2, 0.25) is 0 Å². The maximum absolute atomic E-state index is 5.15. The van der Waals surface area contributed by atoms with Gasteiger partial charge in [0.15, 0.2) is 11.0 Å². The summed E-state index contributed by atoms with van der Waals surface area (Å²) in [4.78, 5) is 4.21. The molecule has 3 aromatic heterocycles. The van der Waals surface area contributed by atoms with Crippen molar-refractivity contribution < 1.29 is 4.52 Å². The number of aromatic nitrogens is 5. The SMILES string of the molecule is Cc1cc(CSc2nnc(-c3cccnc3)n2-c2ccccc2C)no1. The Kier molecular flexibility index (Phi) is 4.53. The van der Waals surface area contributed by atoms with Gasteiger partial charge in [-0.1, -0.05) is 35.1 Å². The maximum atomic E-state index is 5.15. The lowest BCUT2D eigenvalue weighted by Gasteiger charge is -2.12. The van der Waals surface area contributed by atoms with Crippen LogP contribution < -0.4 is 0 Å². The van der Waals surface area contributed by atoms with Gasteiger partial charge in [0.25, 0.3) is 0 Å². The molecule has 0 atom stereocenters. The zero-order valence-corrected chi connectivity index (χ0v) is 15.3. The second kappa shape index (κ2) is 7.13. The number of hydrogen-bond donors (Lipinski definition) is 0. The van der Waals surface area contributed by atoms with Crippen molar-refractivity contribution in [2.45, 2.75) is 24.8 Å². The van der Waals surface area contributed by atoms with Crippen LogP contribution in [-0.4, -0.2) is 24.9 Å². The standard InChI is InChI=1S/C19H17N5OS/c1-13-6-3-4-8-17(13)24-18(15-7-5-9-20-11-15)21-22-19(24)26-12-16-10-14(2)25-23-16/h3-11H,12H2,1-2H3. The van der Waals surface area contributed by atoms with Crippen molar-refractivity contribution in [1.82, 2.24) is 24.9 Å². The molecule has 0 aliphatic heterocycles. The van der Waals surface area contributed by atoms with Gasteiger partial charge in [-0.3, -0.25) is 9.55 Å². The average Bonchev–Trinajstić information content (AvgIpc) is 3.27. The lowest BCUT2D eigenvalue weighted by atomic mass is 10.2. The molecule has 6 nitrogen and oxygen atoms in total. The average molecular weight is 363 g/mol. The van der Waals surface area contributed by atoms with Crippen LogP contribution in [-0.2, 0) is 5.75 Å². The van der Waals surface area contributed by atoms with Gasteiger partial charge in [-0.2, -0.15) is 0 Å². The van der Waals surface area contributed by atoms with Gasteiger partial charge in [0, 0.05) is 29.8 Å². The first kappa shape index (κ1) is 16.5. The Hall–Kier alpha value is -2.93. The molecule has 26 heavy (non-hydrogen) atoms. The largest absolute Gasteiger partial charge is 0.361 e. The lowest BCUT2D eigenvalue weighted by Crippen LogP contribution is -2.02. The summed E-state index contributed by atoms with van der Waals surface area (Å²) in [6.45, 7) is 3.97. The van der Waals surface area contributed by atoms with Crippen molar-refractivity contribution in [1.29, 1.82) is 0 Å². The number of pyridine rings is 1. The first-order chi connectivity index (χ1) is 12.7. The molecule has 0 amide bonds. The first-order valence-electron chi connectivity index (χ1n) is 8.19. The third kappa shape index (κ3) is 3.25. The third-order valence-corrected chi connectivity index (χ3v) is 4.90. The van der Waals surface area contributed by atoms with E-state index in [4.69, 9.17) is 4.52 Å². The minimum Gasteiger partial charge on any atom is -0.361 e. The van der Waals surface area contributed by atoms with Gasteiger partial charge in [0.05, 0.1) is 11.4 Å². The van der Waals surface area contributed by atoms with Crippen LogP contribution in [0.5, 0.6) is 0 Å². The third-order valence-electron chi connectivity index (χ3n) is 3.94. The molecule has 0 saturated heterocycles. The number of para-hydroxylation sites is 1. The summed E-state index contributed by atoms with van der Waals surface area (Å²) in [6.07, 6.45) is 3.55. The zero-order valence-electron chi connectivity index (χ0n) is 14.5. The van der Waals surface area contributed by atoms with E-state index in [1.54, 1.807) is 24.2 Å². The van der Waals surface area contributed by atoms with E-state index in [0.717, 1.165) is 39.2 Å². The molecule has 0 spiro atoms. The van der Waals surface area contributed by atoms with Crippen LogP contribution in [0.25, 0.3) is 17.1 Å². The molecule has 0 fully saturated rings. The summed E-state index contributed by atoms with van der Waals surface area (Å²) in [5.41, 5.74) is 4.01. The number of benzene rings is 1. The molecular formula is C19H17N5OS. The molecule has 0 radical (unpaired) electrons. The molecule has 4 aromatic rings. The van der Waals surface area contributed by atoms with Crippen molar-refractivity contribution in [3.8, 4) is 17.1 Å². The van der Waals surface area contributed by atoms with Crippen molar-refractivity contribution in [3.63, 3.8) is 0 Å².